The Hall–Kier alpha value is -1.78. The van der Waals surface area contributed by atoms with Gasteiger partial charge in [-0.1, -0.05) is 12.8 Å². The van der Waals surface area contributed by atoms with Gasteiger partial charge in [-0.15, -0.1) is 0 Å². The Morgan fingerprint density at radius 1 is 1.35 bits per heavy atom. The van der Waals surface area contributed by atoms with Crippen molar-refractivity contribution in [2.24, 2.45) is 0 Å². The van der Waals surface area contributed by atoms with Crippen LogP contribution in [0.5, 0.6) is 5.75 Å². The Bertz CT molecular complexity index is 494. The monoisotopic (exact) mass is 278 g/mol. The summed E-state index contributed by atoms with van der Waals surface area (Å²) in [5.74, 6) is 0.330. The third-order valence-corrected chi connectivity index (χ3v) is 3.67. The van der Waals surface area contributed by atoms with Crippen molar-refractivity contribution in [3.63, 3.8) is 0 Å². The van der Waals surface area contributed by atoms with Crippen LogP contribution in [0.3, 0.4) is 0 Å². The Balaban J connectivity index is 2.24. The molecule has 0 spiro atoms. The van der Waals surface area contributed by atoms with Crippen LogP contribution in [0.1, 0.15) is 46.5 Å². The van der Waals surface area contributed by atoms with E-state index in [4.69, 9.17) is 4.74 Å². The maximum Gasteiger partial charge on any atom is 0.311 e. The summed E-state index contributed by atoms with van der Waals surface area (Å²) in [6.07, 6.45) is 4.62. The van der Waals surface area contributed by atoms with Gasteiger partial charge in [0.15, 0.2) is 5.75 Å². The zero-order valence-corrected chi connectivity index (χ0v) is 12.3. The maximum atomic E-state index is 11.0. The van der Waals surface area contributed by atoms with E-state index in [9.17, 15) is 10.1 Å². The molecule has 5 nitrogen and oxygen atoms in total. The number of anilines is 1. The lowest BCUT2D eigenvalue weighted by Gasteiger charge is -2.27. The predicted molar refractivity (Wildman–Crippen MR) is 79.4 cm³/mol. The van der Waals surface area contributed by atoms with Crippen molar-refractivity contribution < 1.29 is 9.66 Å². The van der Waals surface area contributed by atoms with Crippen LogP contribution in [0.2, 0.25) is 0 Å². The summed E-state index contributed by atoms with van der Waals surface area (Å²) < 4.78 is 5.56. The van der Waals surface area contributed by atoms with Gasteiger partial charge in [-0.25, -0.2) is 0 Å². The first-order chi connectivity index (χ1) is 9.39. The summed E-state index contributed by atoms with van der Waals surface area (Å²) in [5, 5.41) is 14.5. The second-order valence-corrected chi connectivity index (χ2v) is 6.00. The quantitative estimate of drug-likeness (QED) is 0.649. The number of hydrogen-bond donors (Lipinski definition) is 1. The van der Waals surface area contributed by atoms with Crippen molar-refractivity contribution in [3.05, 3.63) is 28.3 Å². The van der Waals surface area contributed by atoms with E-state index in [0.29, 0.717) is 5.75 Å². The molecule has 0 heterocycles. The minimum Gasteiger partial charge on any atom is -0.484 e. The summed E-state index contributed by atoms with van der Waals surface area (Å²) in [5.41, 5.74) is 0.988. The van der Waals surface area contributed by atoms with E-state index in [-0.39, 0.29) is 17.3 Å². The number of benzene rings is 1. The van der Waals surface area contributed by atoms with Gasteiger partial charge in [0.25, 0.3) is 0 Å². The smallest absolute Gasteiger partial charge is 0.311 e. The molecule has 2 rings (SSSR count). The number of nitro benzene ring substituents is 1. The van der Waals surface area contributed by atoms with Gasteiger partial charge >= 0.3 is 5.69 Å². The number of nitrogens with zero attached hydrogens (tertiary/aromatic N) is 1. The molecule has 1 aromatic carbocycles. The zero-order chi connectivity index (χ0) is 14.8. The molecular weight excluding hydrogens is 256 g/mol. The van der Waals surface area contributed by atoms with Crippen LogP contribution in [0.15, 0.2) is 18.2 Å². The number of nitro groups is 1. The van der Waals surface area contributed by atoms with Crippen LogP contribution < -0.4 is 10.1 Å². The molecule has 1 N–H and O–H groups in total. The fourth-order valence-corrected chi connectivity index (χ4v) is 2.72. The van der Waals surface area contributed by atoms with Crippen LogP contribution in [0, 0.1) is 10.1 Å². The minimum absolute atomic E-state index is 0.0147. The first-order valence-electron chi connectivity index (χ1n) is 7.13. The van der Waals surface area contributed by atoms with Crippen LogP contribution in [-0.4, -0.2) is 16.6 Å². The van der Waals surface area contributed by atoms with Gasteiger partial charge in [-0.3, -0.25) is 10.1 Å². The van der Waals surface area contributed by atoms with Crippen molar-refractivity contribution in [1.29, 1.82) is 0 Å². The van der Waals surface area contributed by atoms with E-state index < -0.39 is 4.92 Å². The van der Waals surface area contributed by atoms with Crippen molar-refractivity contribution in [1.82, 2.24) is 0 Å². The predicted octanol–water partition coefficient (Wildman–Crippen LogP) is 4.13. The molecule has 0 atom stereocenters. The highest BCUT2D eigenvalue weighted by Crippen LogP contribution is 2.36. The van der Waals surface area contributed by atoms with E-state index in [0.717, 1.165) is 18.5 Å². The molecule has 0 bridgehead atoms. The second kappa shape index (κ2) is 5.69. The molecule has 5 heteroatoms. The standard InChI is InChI=1S/C15H22N2O3/c1-11(2)20-14-10-12(6-7-13(14)17(18)19)16-15(3)8-4-5-9-15/h6-7,10-11,16H,4-5,8-9H2,1-3H3. The van der Waals surface area contributed by atoms with Crippen LogP contribution in [0.4, 0.5) is 11.4 Å². The summed E-state index contributed by atoms with van der Waals surface area (Å²) in [6, 6.07) is 5.01. The van der Waals surface area contributed by atoms with Crippen LogP contribution in [-0.2, 0) is 0 Å². The number of hydrogen-bond acceptors (Lipinski definition) is 4. The molecule has 0 unspecified atom stereocenters. The highest BCUT2D eigenvalue weighted by Gasteiger charge is 2.29. The van der Waals surface area contributed by atoms with E-state index in [2.05, 4.69) is 12.2 Å². The Kier molecular flexibility index (Phi) is 4.16. The molecule has 0 amide bonds. The van der Waals surface area contributed by atoms with Gasteiger partial charge < -0.3 is 10.1 Å². The summed E-state index contributed by atoms with van der Waals surface area (Å²) in [7, 11) is 0. The van der Waals surface area contributed by atoms with E-state index >= 15 is 0 Å². The molecule has 0 radical (unpaired) electrons. The van der Waals surface area contributed by atoms with Gasteiger partial charge in [0.05, 0.1) is 11.0 Å². The summed E-state index contributed by atoms with van der Waals surface area (Å²) in [6.45, 7) is 5.93. The average molecular weight is 278 g/mol. The molecule has 1 aliphatic carbocycles. The minimum atomic E-state index is -0.404. The van der Waals surface area contributed by atoms with Gasteiger partial charge in [0.1, 0.15) is 0 Å². The van der Waals surface area contributed by atoms with Crippen molar-refractivity contribution in [2.45, 2.75) is 58.1 Å². The molecule has 0 aliphatic heterocycles. The van der Waals surface area contributed by atoms with Gasteiger partial charge in [0.2, 0.25) is 0 Å². The van der Waals surface area contributed by atoms with Crippen LogP contribution >= 0.6 is 0 Å². The average Bonchev–Trinajstić information content (AvgIpc) is 2.74. The molecule has 110 valence electrons. The van der Waals surface area contributed by atoms with Gasteiger partial charge in [-0.2, -0.15) is 0 Å². The first-order valence-corrected chi connectivity index (χ1v) is 7.13. The number of rotatable bonds is 5. The van der Waals surface area contributed by atoms with Gasteiger partial charge in [-0.05, 0) is 39.7 Å². The Labute approximate surface area is 119 Å². The fourth-order valence-electron chi connectivity index (χ4n) is 2.72. The lowest BCUT2D eigenvalue weighted by Crippen LogP contribution is -2.30. The molecule has 0 saturated heterocycles. The Morgan fingerprint density at radius 3 is 2.55 bits per heavy atom. The van der Waals surface area contributed by atoms with Crippen molar-refractivity contribution in [3.8, 4) is 5.75 Å². The molecule has 1 fully saturated rings. The normalized spacial score (nSPS) is 17.2. The molecular formula is C15H22N2O3. The van der Waals surface area contributed by atoms with E-state index in [1.54, 1.807) is 12.1 Å². The molecule has 1 aliphatic rings. The summed E-state index contributed by atoms with van der Waals surface area (Å²) >= 11 is 0. The highest BCUT2D eigenvalue weighted by atomic mass is 16.6. The van der Waals surface area contributed by atoms with Crippen molar-refractivity contribution >= 4 is 11.4 Å². The number of nitrogens with one attached hydrogen (secondary N) is 1. The topological polar surface area (TPSA) is 64.4 Å². The fraction of sp³-hybridized carbons (Fsp3) is 0.600. The van der Waals surface area contributed by atoms with Crippen LogP contribution in [0.25, 0.3) is 0 Å². The lowest BCUT2D eigenvalue weighted by atomic mass is 10.0. The highest BCUT2D eigenvalue weighted by molar-refractivity contribution is 5.59. The third kappa shape index (κ3) is 3.40. The lowest BCUT2D eigenvalue weighted by molar-refractivity contribution is -0.386. The Morgan fingerprint density at radius 2 is 2.00 bits per heavy atom. The van der Waals surface area contributed by atoms with Gasteiger partial charge in [0, 0.05) is 23.4 Å². The first kappa shape index (κ1) is 14.6. The van der Waals surface area contributed by atoms with E-state index in [1.165, 1.54) is 18.9 Å². The SMILES string of the molecule is CC(C)Oc1cc(NC2(C)CCCC2)ccc1[N+](=O)[O-]. The largest absolute Gasteiger partial charge is 0.484 e. The molecule has 0 aromatic heterocycles. The maximum absolute atomic E-state index is 11.0. The molecule has 1 saturated carbocycles. The van der Waals surface area contributed by atoms with E-state index in [1.807, 2.05) is 13.8 Å². The third-order valence-electron chi connectivity index (χ3n) is 3.67. The summed E-state index contributed by atoms with van der Waals surface area (Å²) in [4.78, 5) is 10.6. The zero-order valence-electron chi connectivity index (χ0n) is 12.3. The van der Waals surface area contributed by atoms with Crippen molar-refractivity contribution in [2.75, 3.05) is 5.32 Å². The molecule has 1 aromatic rings. The second-order valence-electron chi connectivity index (χ2n) is 6.00. The molecule has 20 heavy (non-hydrogen) atoms. The number of ether oxygens (including phenoxy) is 1.